The second-order valence-electron chi connectivity index (χ2n) is 4.20. The van der Waals surface area contributed by atoms with Gasteiger partial charge in [0, 0.05) is 37.7 Å². The van der Waals surface area contributed by atoms with E-state index in [1.165, 1.54) is 4.88 Å². The summed E-state index contributed by atoms with van der Waals surface area (Å²) in [6.07, 6.45) is 0. The van der Waals surface area contributed by atoms with Crippen LogP contribution in [0.5, 0.6) is 0 Å². The lowest BCUT2D eigenvalue weighted by Crippen LogP contribution is -2.38. The Bertz CT molecular complexity index is 296. The van der Waals surface area contributed by atoms with Gasteiger partial charge < -0.3 is 15.2 Å². The SMILES string of the molecule is CCOCCN(CCOCC)C(CN)c1cccs1. The molecular weight excluding hydrogens is 260 g/mol. The first kappa shape index (κ1) is 16.6. The van der Waals surface area contributed by atoms with E-state index in [1.54, 1.807) is 11.3 Å². The summed E-state index contributed by atoms with van der Waals surface area (Å²) in [6, 6.07) is 4.49. The average Bonchev–Trinajstić information content (AvgIpc) is 2.93. The lowest BCUT2D eigenvalue weighted by atomic mass is 10.2. The van der Waals surface area contributed by atoms with Crippen molar-refractivity contribution in [1.82, 2.24) is 4.90 Å². The number of thiophene rings is 1. The number of nitrogens with zero attached hydrogens (tertiary/aromatic N) is 1. The fraction of sp³-hybridized carbons (Fsp3) is 0.714. The van der Waals surface area contributed by atoms with E-state index in [4.69, 9.17) is 15.2 Å². The summed E-state index contributed by atoms with van der Waals surface area (Å²) in [7, 11) is 0. The van der Waals surface area contributed by atoms with Crippen LogP contribution in [-0.4, -0.2) is 51.0 Å². The van der Waals surface area contributed by atoms with Crippen molar-refractivity contribution in [3.63, 3.8) is 0 Å². The summed E-state index contributed by atoms with van der Waals surface area (Å²) in [5.41, 5.74) is 5.96. The van der Waals surface area contributed by atoms with Gasteiger partial charge in [-0.25, -0.2) is 0 Å². The molecule has 19 heavy (non-hydrogen) atoms. The quantitative estimate of drug-likeness (QED) is 0.633. The molecule has 110 valence electrons. The zero-order chi connectivity index (χ0) is 13.9. The molecule has 1 aromatic heterocycles. The summed E-state index contributed by atoms with van der Waals surface area (Å²) in [5, 5.41) is 2.10. The van der Waals surface area contributed by atoms with Crippen molar-refractivity contribution in [2.24, 2.45) is 5.73 Å². The number of hydrogen-bond acceptors (Lipinski definition) is 5. The van der Waals surface area contributed by atoms with E-state index >= 15 is 0 Å². The maximum Gasteiger partial charge on any atom is 0.0593 e. The van der Waals surface area contributed by atoms with Crippen LogP contribution in [0, 0.1) is 0 Å². The van der Waals surface area contributed by atoms with E-state index in [-0.39, 0.29) is 6.04 Å². The molecule has 1 atom stereocenters. The average molecular weight is 286 g/mol. The van der Waals surface area contributed by atoms with E-state index in [1.807, 2.05) is 13.8 Å². The highest BCUT2D eigenvalue weighted by atomic mass is 32.1. The Hall–Kier alpha value is -0.460. The van der Waals surface area contributed by atoms with Crippen LogP contribution >= 0.6 is 11.3 Å². The minimum Gasteiger partial charge on any atom is -0.380 e. The molecule has 0 aliphatic carbocycles. The van der Waals surface area contributed by atoms with Crippen molar-refractivity contribution in [3.05, 3.63) is 22.4 Å². The molecule has 0 aliphatic rings. The summed E-state index contributed by atoms with van der Waals surface area (Å²) < 4.78 is 10.9. The Balaban J connectivity index is 2.57. The molecule has 0 bridgehead atoms. The first-order valence-electron chi connectivity index (χ1n) is 6.96. The molecule has 1 unspecified atom stereocenters. The number of hydrogen-bond donors (Lipinski definition) is 1. The normalized spacial score (nSPS) is 13.1. The van der Waals surface area contributed by atoms with Crippen LogP contribution in [0.25, 0.3) is 0 Å². The van der Waals surface area contributed by atoms with Gasteiger partial charge in [0.1, 0.15) is 0 Å². The predicted octanol–water partition coefficient (Wildman–Crippen LogP) is 2.12. The zero-order valence-electron chi connectivity index (χ0n) is 12.0. The van der Waals surface area contributed by atoms with Crippen LogP contribution in [0.15, 0.2) is 17.5 Å². The zero-order valence-corrected chi connectivity index (χ0v) is 12.8. The molecule has 0 saturated carbocycles. The second-order valence-corrected chi connectivity index (χ2v) is 5.18. The molecule has 1 aromatic rings. The molecular formula is C14H26N2O2S. The first-order chi connectivity index (χ1) is 9.33. The van der Waals surface area contributed by atoms with Crippen LogP contribution < -0.4 is 5.73 Å². The van der Waals surface area contributed by atoms with Crippen molar-refractivity contribution in [2.75, 3.05) is 46.1 Å². The van der Waals surface area contributed by atoms with E-state index in [9.17, 15) is 0 Å². The predicted molar refractivity (Wildman–Crippen MR) is 80.7 cm³/mol. The topological polar surface area (TPSA) is 47.7 Å². The van der Waals surface area contributed by atoms with Crippen molar-refractivity contribution < 1.29 is 9.47 Å². The van der Waals surface area contributed by atoms with Gasteiger partial charge in [0.2, 0.25) is 0 Å². The third-order valence-corrected chi connectivity index (χ3v) is 3.96. The molecule has 4 nitrogen and oxygen atoms in total. The Morgan fingerprint density at radius 2 is 1.84 bits per heavy atom. The lowest BCUT2D eigenvalue weighted by molar-refractivity contribution is 0.0647. The third kappa shape index (κ3) is 6.01. The molecule has 0 fully saturated rings. The van der Waals surface area contributed by atoms with Gasteiger partial charge in [-0.3, -0.25) is 4.90 Å². The van der Waals surface area contributed by atoms with Gasteiger partial charge in [0.15, 0.2) is 0 Å². The van der Waals surface area contributed by atoms with Crippen molar-refractivity contribution >= 4 is 11.3 Å². The molecule has 5 heteroatoms. The molecule has 0 spiro atoms. The molecule has 0 aromatic carbocycles. The summed E-state index contributed by atoms with van der Waals surface area (Å²) in [6.45, 7) is 9.43. The van der Waals surface area contributed by atoms with Crippen molar-refractivity contribution in [3.8, 4) is 0 Å². The van der Waals surface area contributed by atoms with Crippen LogP contribution in [-0.2, 0) is 9.47 Å². The third-order valence-electron chi connectivity index (χ3n) is 2.99. The van der Waals surface area contributed by atoms with E-state index < -0.39 is 0 Å². The highest BCUT2D eigenvalue weighted by Gasteiger charge is 2.19. The monoisotopic (exact) mass is 286 g/mol. The molecule has 0 radical (unpaired) electrons. The maximum atomic E-state index is 5.96. The minimum atomic E-state index is 0.265. The standard InChI is InChI=1S/C14H26N2O2S/c1-3-17-9-7-16(8-10-18-4-2)13(12-15)14-6-5-11-19-14/h5-6,11,13H,3-4,7-10,12,15H2,1-2H3. The molecule has 2 N–H and O–H groups in total. The fourth-order valence-corrected chi connectivity index (χ4v) is 2.88. The van der Waals surface area contributed by atoms with Gasteiger partial charge in [-0.05, 0) is 25.3 Å². The Morgan fingerprint density at radius 3 is 2.26 bits per heavy atom. The summed E-state index contributed by atoms with van der Waals surface area (Å²) >= 11 is 1.76. The van der Waals surface area contributed by atoms with Gasteiger partial charge in [-0.15, -0.1) is 11.3 Å². The largest absolute Gasteiger partial charge is 0.380 e. The van der Waals surface area contributed by atoms with Crippen LogP contribution in [0.4, 0.5) is 0 Å². The highest BCUT2D eigenvalue weighted by Crippen LogP contribution is 2.23. The Kier molecular flexibility index (Phi) is 9.03. The van der Waals surface area contributed by atoms with Crippen molar-refractivity contribution in [1.29, 1.82) is 0 Å². The van der Waals surface area contributed by atoms with Crippen LogP contribution in [0.3, 0.4) is 0 Å². The second kappa shape index (κ2) is 10.3. The molecule has 1 rings (SSSR count). The minimum absolute atomic E-state index is 0.265. The number of nitrogens with two attached hydrogens (primary N) is 1. The van der Waals surface area contributed by atoms with Gasteiger partial charge in [0.25, 0.3) is 0 Å². The number of ether oxygens (including phenoxy) is 2. The lowest BCUT2D eigenvalue weighted by Gasteiger charge is -2.30. The van der Waals surface area contributed by atoms with Gasteiger partial charge in [0.05, 0.1) is 19.3 Å². The van der Waals surface area contributed by atoms with E-state index in [2.05, 4.69) is 22.4 Å². The van der Waals surface area contributed by atoms with E-state index in [0.29, 0.717) is 6.54 Å². The van der Waals surface area contributed by atoms with Crippen molar-refractivity contribution in [2.45, 2.75) is 19.9 Å². The fourth-order valence-electron chi connectivity index (χ4n) is 2.00. The maximum absolute atomic E-state index is 5.96. The Labute approximate surface area is 120 Å². The first-order valence-corrected chi connectivity index (χ1v) is 7.84. The molecule has 1 heterocycles. The summed E-state index contributed by atoms with van der Waals surface area (Å²) in [4.78, 5) is 3.67. The highest BCUT2D eigenvalue weighted by molar-refractivity contribution is 7.10. The van der Waals surface area contributed by atoms with Crippen LogP contribution in [0.2, 0.25) is 0 Å². The molecule has 0 amide bonds. The number of rotatable bonds is 11. The summed E-state index contributed by atoms with van der Waals surface area (Å²) in [5.74, 6) is 0. The van der Waals surface area contributed by atoms with Gasteiger partial charge in [-0.1, -0.05) is 6.07 Å². The molecule has 0 aliphatic heterocycles. The van der Waals surface area contributed by atoms with Gasteiger partial charge >= 0.3 is 0 Å². The van der Waals surface area contributed by atoms with E-state index in [0.717, 1.165) is 39.5 Å². The molecule has 0 saturated heterocycles. The Morgan fingerprint density at radius 1 is 1.21 bits per heavy atom. The smallest absolute Gasteiger partial charge is 0.0593 e. The van der Waals surface area contributed by atoms with Gasteiger partial charge in [-0.2, -0.15) is 0 Å². The van der Waals surface area contributed by atoms with Crippen LogP contribution in [0.1, 0.15) is 24.8 Å².